The first-order chi connectivity index (χ1) is 10.0. The average Bonchev–Trinajstić information content (AvgIpc) is 3.09. The Morgan fingerprint density at radius 3 is 2.38 bits per heavy atom. The van der Waals surface area contributed by atoms with E-state index in [4.69, 9.17) is 0 Å². The second kappa shape index (κ2) is 5.25. The molecule has 0 atom stereocenters. The van der Waals surface area contributed by atoms with E-state index in [1.165, 1.54) is 6.20 Å². The lowest BCUT2D eigenvalue weighted by Crippen LogP contribution is -2.12. The SMILES string of the molecule is FC(F)(F)c1ccn(Nc2ccc(-c3cccs3)cc2)n1. The molecule has 21 heavy (non-hydrogen) atoms. The average molecular weight is 309 g/mol. The molecule has 1 N–H and O–H groups in total. The summed E-state index contributed by atoms with van der Waals surface area (Å²) in [6.45, 7) is 0. The van der Waals surface area contributed by atoms with Crippen molar-refractivity contribution in [3.63, 3.8) is 0 Å². The summed E-state index contributed by atoms with van der Waals surface area (Å²) in [5.74, 6) is 0. The lowest BCUT2D eigenvalue weighted by atomic mass is 10.2. The molecule has 108 valence electrons. The van der Waals surface area contributed by atoms with Crippen LogP contribution >= 0.6 is 11.3 Å². The van der Waals surface area contributed by atoms with Crippen LogP contribution in [0.2, 0.25) is 0 Å². The Bertz CT molecular complexity index is 715. The number of aromatic nitrogens is 2. The fourth-order valence-electron chi connectivity index (χ4n) is 1.82. The van der Waals surface area contributed by atoms with Crippen LogP contribution in [0.1, 0.15) is 5.69 Å². The summed E-state index contributed by atoms with van der Waals surface area (Å²) >= 11 is 1.63. The third kappa shape index (κ3) is 3.08. The molecule has 0 bridgehead atoms. The number of thiophene rings is 1. The minimum atomic E-state index is -4.43. The van der Waals surface area contributed by atoms with E-state index >= 15 is 0 Å². The molecule has 2 heterocycles. The standard InChI is InChI=1S/C14H10F3N3S/c15-14(16,17)13-7-8-20(19-13)18-11-5-3-10(4-6-11)12-2-1-9-21-12/h1-9,18H. The molecule has 0 unspecified atom stereocenters. The molecule has 0 spiro atoms. The van der Waals surface area contributed by atoms with Crippen molar-refractivity contribution in [2.24, 2.45) is 0 Å². The van der Waals surface area contributed by atoms with Gasteiger partial charge in [0.25, 0.3) is 0 Å². The van der Waals surface area contributed by atoms with Crippen molar-refractivity contribution >= 4 is 17.0 Å². The van der Waals surface area contributed by atoms with Crippen molar-refractivity contribution in [2.75, 3.05) is 5.43 Å². The predicted molar refractivity (Wildman–Crippen MR) is 76.0 cm³/mol. The van der Waals surface area contributed by atoms with Crippen LogP contribution in [0.25, 0.3) is 10.4 Å². The van der Waals surface area contributed by atoms with E-state index in [0.717, 1.165) is 21.3 Å². The highest BCUT2D eigenvalue weighted by Crippen LogP contribution is 2.28. The molecule has 7 heteroatoms. The Morgan fingerprint density at radius 1 is 1.05 bits per heavy atom. The third-order valence-corrected chi connectivity index (χ3v) is 3.73. The number of benzene rings is 1. The van der Waals surface area contributed by atoms with Gasteiger partial charge < -0.3 is 0 Å². The van der Waals surface area contributed by atoms with Crippen LogP contribution in [-0.4, -0.2) is 9.89 Å². The zero-order valence-corrected chi connectivity index (χ0v) is 11.4. The molecule has 0 saturated carbocycles. The molecule has 0 aliphatic heterocycles. The number of anilines is 1. The van der Waals surface area contributed by atoms with Crippen LogP contribution in [0, 0.1) is 0 Å². The van der Waals surface area contributed by atoms with Gasteiger partial charge in [-0.3, -0.25) is 5.43 Å². The number of hydrogen-bond acceptors (Lipinski definition) is 3. The molecule has 2 aromatic heterocycles. The van der Waals surface area contributed by atoms with Gasteiger partial charge >= 0.3 is 6.18 Å². The molecular weight excluding hydrogens is 299 g/mol. The molecule has 0 saturated heterocycles. The number of rotatable bonds is 3. The monoisotopic (exact) mass is 309 g/mol. The summed E-state index contributed by atoms with van der Waals surface area (Å²) in [5.41, 5.74) is 3.57. The van der Waals surface area contributed by atoms with Crippen LogP contribution < -0.4 is 5.43 Å². The van der Waals surface area contributed by atoms with Crippen LogP contribution in [0.4, 0.5) is 18.9 Å². The van der Waals surface area contributed by atoms with Crippen molar-refractivity contribution in [3.05, 3.63) is 59.7 Å². The van der Waals surface area contributed by atoms with Gasteiger partial charge in [0.05, 0.1) is 5.69 Å². The third-order valence-electron chi connectivity index (χ3n) is 2.81. The molecule has 0 aliphatic carbocycles. The lowest BCUT2D eigenvalue weighted by Gasteiger charge is -2.07. The van der Waals surface area contributed by atoms with Gasteiger partial charge in [0, 0.05) is 11.1 Å². The van der Waals surface area contributed by atoms with Gasteiger partial charge in [-0.25, -0.2) is 0 Å². The predicted octanol–water partition coefficient (Wildman–Crippen LogP) is 4.51. The van der Waals surface area contributed by atoms with Gasteiger partial charge in [-0.05, 0) is 35.2 Å². The first-order valence-corrected chi connectivity index (χ1v) is 6.94. The Balaban J connectivity index is 1.75. The smallest absolute Gasteiger partial charge is 0.278 e. The summed E-state index contributed by atoms with van der Waals surface area (Å²) in [7, 11) is 0. The minimum Gasteiger partial charge on any atom is -0.278 e. The Kier molecular flexibility index (Phi) is 3.42. The van der Waals surface area contributed by atoms with E-state index in [9.17, 15) is 13.2 Å². The highest BCUT2D eigenvalue weighted by molar-refractivity contribution is 7.13. The van der Waals surface area contributed by atoms with E-state index in [-0.39, 0.29) is 0 Å². The first-order valence-electron chi connectivity index (χ1n) is 6.06. The van der Waals surface area contributed by atoms with E-state index < -0.39 is 11.9 Å². The second-order valence-electron chi connectivity index (χ2n) is 4.31. The zero-order valence-electron chi connectivity index (χ0n) is 10.6. The topological polar surface area (TPSA) is 29.9 Å². The zero-order chi connectivity index (χ0) is 14.9. The fourth-order valence-corrected chi connectivity index (χ4v) is 2.55. The maximum absolute atomic E-state index is 12.4. The number of alkyl halides is 3. The van der Waals surface area contributed by atoms with Gasteiger partial charge in [0.15, 0.2) is 5.69 Å². The highest BCUT2D eigenvalue weighted by Gasteiger charge is 2.33. The van der Waals surface area contributed by atoms with Gasteiger partial charge in [0.1, 0.15) is 0 Å². The van der Waals surface area contributed by atoms with Crippen LogP contribution in [-0.2, 0) is 6.18 Å². The van der Waals surface area contributed by atoms with Crippen LogP contribution in [0.15, 0.2) is 54.0 Å². The summed E-state index contributed by atoms with van der Waals surface area (Å²) < 4.78 is 37.3. The van der Waals surface area contributed by atoms with E-state index in [1.54, 1.807) is 23.5 Å². The molecule has 3 aromatic rings. The lowest BCUT2D eigenvalue weighted by molar-refractivity contribution is -0.141. The van der Waals surface area contributed by atoms with Gasteiger partial charge in [0.2, 0.25) is 0 Å². The van der Waals surface area contributed by atoms with Crippen molar-refractivity contribution in [1.29, 1.82) is 0 Å². The molecule has 1 aromatic carbocycles. The van der Waals surface area contributed by atoms with Gasteiger partial charge in [-0.15, -0.1) is 16.4 Å². The Hall–Kier alpha value is -2.28. The molecule has 0 amide bonds. The molecular formula is C14H10F3N3S. The number of nitrogens with one attached hydrogen (secondary N) is 1. The van der Waals surface area contributed by atoms with Gasteiger partial charge in [-0.2, -0.15) is 18.0 Å². The minimum absolute atomic E-state index is 0.659. The summed E-state index contributed by atoms with van der Waals surface area (Å²) in [6.07, 6.45) is -3.20. The van der Waals surface area contributed by atoms with Crippen molar-refractivity contribution in [2.45, 2.75) is 6.18 Å². The Morgan fingerprint density at radius 2 is 1.81 bits per heavy atom. The van der Waals surface area contributed by atoms with Crippen molar-refractivity contribution in [3.8, 4) is 10.4 Å². The van der Waals surface area contributed by atoms with E-state index in [2.05, 4.69) is 10.5 Å². The summed E-state index contributed by atoms with van der Waals surface area (Å²) in [4.78, 5) is 2.18. The largest absolute Gasteiger partial charge is 0.435 e. The van der Waals surface area contributed by atoms with Crippen molar-refractivity contribution in [1.82, 2.24) is 9.89 Å². The quantitative estimate of drug-likeness (QED) is 0.771. The summed E-state index contributed by atoms with van der Waals surface area (Å²) in [5, 5.41) is 5.42. The van der Waals surface area contributed by atoms with Crippen molar-refractivity contribution < 1.29 is 13.2 Å². The number of hydrogen-bond donors (Lipinski definition) is 1. The maximum atomic E-state index is 12.4. The normalized spacial score (nSPS) is 11.6. The maximum Gasteiger partial charge on any atom is 0.435 e. The molecule has 3 rings (SSSR count). The highest BCUT2D eigenvalue weighted by atomic mass is 32.1. The van der Waals surface area contributed by atoms with Crippen LogP contribution in [0.5, 0.6) is 0 Å². The molecule has 3 nitrogen and oxygen atoms in total. The molecule has 0 fully saturated rings. The van der Waals surface area contributed by atoms with Gasteiger partial charge in [-0.1, -0.05) is 18.2 Å². The van der Waals surface area contributed by atoms with E-state index in [1.807, 2.05) is 29.6 Å². The molecule has 0 radical (unpaired) electrons. The van der Waals surface area contributed by atoms with E-state index in [0.29, 0.717) is 5.69 Å². The second-order valence-corrected chi connectivity index (χ2v) is 5.26. The fraction of sp³-hybridized carbons (Fsp3) is 0.0714. The summed E-state index contributed by atoms with van der Waals surface area (Å²) in [6, 6.07) is 12.3. The molecule has 0 aliphatic rings. The number of nitrogens with zero attached hydrogens (tertiary/aromatic N) is 2. The Labute approximate surface area is 122 Å². The van der Waals surface area contributed by atoms with Crippen LogP contribution in [0.3, 0.4) is 0 Å². The number of halogens is 3. The first kappa shape index (κ1) is 13.7.